The summed E-state index contributed by atoms with van der Waals surface area (Å²) in [5, 5.41) is -0.270. The number of nitrogens with one attached hydrogen (secondary N) is 1. The number of benzene rings is 1. The normalized spacial score (nSPS) is 18.3. The Balaban J connectivity index is 1.72. The van der Waals surface area contributed by atoms with Gasteiger partial charge in [-0.3, -0.25) is 4.79 Å². The van der Waals surface area contributed by atoms with Crippen molar-refractivity contribution in [2.75, 3.05) is 6.54 Å². The number of amides is 1. The Hall–Kier alpha value is -2.33. The van der Waals surface area contributed by atoms with Crippen molar-refractivity contribution in [3.05, 3.63) is 53.3 Å². The van der Waals surface area contributed by atoms with Crippen LogP contribution in [0.3, 0.4) is 0 Å². The van der Waals surface area contributed by atoms with Crippen LogP contribution in [-0.4, -0.2) is 31.8 Å². The number of sulfonamides is 1. The SMILES string of the molecule is Cc1ccc(S(=O)(=O)NC2CC(=O)N(Cc3ccccc3C(F)(F)F)C2)o1. The molecule has 6 nitrogen and oxygen atoms in total. The van der Waals surface area contributed by atoms with Crippen molar-refractivity contribution >= 4 is 15.9 Å². The molecule has 0 spiro atoms. The average Bonchev–Trinajstić information content (AvgIpc) is 3.13. The van der Waals surface area contributed by atoms with Crippen molar-refractivity contribution in [2.24, 2.45) is 0 Å². The van der Waals surface area contributed by atoms with Gasteiger partial charge < -0.3 is 9.32 Å². The highest BCUT2D eigenvalue weighted by Gasteiger charge is 2.37. The van der Waals surface area contributed by atoms with Crippen LogP contribution in [0.5, 0.6) is 0 Å². The number of hydrogen-bond acceptors (Lipinski definition) is 4. The summed E-state index contributed by atoms with van der Waals surface area (Å²) >= 11 is 0. The summed E-state index contributed by atoms with van der Waals surface area (Å²) in [5.74, 6) is -0.00133. The van der Waals surface area contributed by atoms with Crippen molar-refractivity contribution < 1.29 is 30.8 Å². The number of carbonyl (C=O) groups is 1. The number of aryl methyl sites for hydroxylation is 1. The van der Waals surface area contributed by atoms with E-state index in [4.69, 9.17) is 4.42 Å². The third kappa shape index (κ3) is 4.33. The predicted octanol–water partition coefficient (Wildman–Crippen LogP) is 2.69. The predicted molar refractivity (Wildman–Crippen MR) is 89.0 cm³/mol. The summed E-state index contributed by atoms with van der Waals surface area (Å²) in [5.41, 5.74) is -0.851. The summed E-state index contributed by atoms with van der Waals surface area (Å²) in [6, 6.07) is 7.05. The third-order valence-corrected chi connectivity index (χ3v) is 5.59. The quantitative estimate of drug-likeness (QED) is 0.834. The minimum absolute atomic E-state index is 0.0239. The van der Waals surface area contributed by atoms with E-state index in [1.165, 1.54) is 35.2 Å². The maximum atomic E-state index is 13.1. The number of furan rings is 1. The molecule has 1 saturated heterocycles. The van der Waals surface area contributed by atoms with Gasteiger partial charge in [-0.05, 0) is 30.7 Å². The third-order valence-electron chi connectivity index (χ3n) is 4.20. The van der Waals surface area contributed by atoms with Crippen molar-refractivity contribution in [1.82, 2.24) is 9.62 Å². The average molecular weight is 402 g/mol. The standard InChI is InChI=1S/C17H17F3N2O4S/c1-11-6-7-16(26-11)27(24,25)21-13-8-15(23)22(10-13)9-12-4-2-3-5-14(12)17(18,19)20/h2-7,13,21H,8-10H2,1H3. The molecular formula is C17H17F3N2O4S. The minimum atomic E-state index is -4.53. The first-order valence-corrected chi connectivity index (χ1v) is 9.56. The topological polar surface area (TPSA) is 79.6 Å². The molecule has 0 radical (unpaired) electrons. The van der Waals surface area contributed by atoms with Gasteiger partial charge in [-0.15, -0.1) is 0 Å². The van der Waals surface area contributed by atoms with Gasteiger partial charge in [0.25, 0.3) is 10.0 Å². The Morgan fingerprint density at radius 2 is 1.93 bits per heavy atom. The highest BCUT2D eigenvalue weighted by atomic mass is 32.2. The molecule has 1 N–H and O–H groups in total. The summed E-state index contributed by atoms with van der Waals surface area (Å²) in [6.07, 6.45) is -4.66. The molecule has 1 fully saturated rings. The Bertz CT molecular complexity index is 953. The molecular weight excluding hydrogens is 385 g/mol. The second-order valence-electron chi connectivity index (χ2n) is 6.32. The van der Waals surface area contributed by atoms with E-state index in [-0.39, 0.29) is 30.2 Å². The van der Waals surface area contributed by atoms with Gasteiger partial charge in [-0.25, -0.2) is 13.1 Å². The molecule has 10 heteroatoms. The molecule has 0 aliphatic carbocycles. The molecule has 0 saturated carbocycles. The van der Waals surface area contributed by atoms with Gasteiger partial charge in [-0.1, -0.05) is 18.2 Å². The molecule has 1 atom stereocenters. The number of alkyl halides is 3. The molecule has 1 aliphatic heterocycles. The molecule has 2 aromatic rings. The zero-order valence-corrected chi connectivity index (χ0v) is 15.1. The smallest absolute Gasteiger partial charge is 0.416 e. The molecule has 27 heavy (non-hydrogen) atoms. The van der Waals surface area contributed by atoms with Crippen LogP contribution >= 0.6 is 0 Å². The zero-order chi connectivity index (χ0) is 19.8. The van der Waals surface area contributed by atoms with Crippen molar-refractivity contribution in [1.29, 1.82) is 0 Å². The number of likely N-dealkylation sites (tertiary alicyclic amines) is 1. The van der Waals surface area contributed by atoms with E-state index in [0.29, 0.717) is 5.76 Å². The highest BCUT2D eigenvalue weighted by molar-refractivity contribution is 7.89. The van der Waals surface area contributed by atoms with Crippen LogP contribution in [0.4, 0.5) is 13.2 Å². The Kier molecular flexibility index (Phi) is 5.04. The Morgan fingerprint density at radius 3 is 2.56 bits per heavy atom. The summed E-state index contributed by atoms with van der Waals surface area (Å²) in [4.78, 5) is 13.4. The van der Waals surface area contributed by atoms with Crippen molar-refractivity contribution in [2.45, 2.75) is 37.2 Å². The molecule has 1 aliphatic rings. The fourth-order valence-electron chi connectivity index (χ4n) is 2.98. The molecule has 0 bridgehead atoms. The van der Waals surface area contributed by atoms with Crippen LogP contribution in [0, 0.1) is 6.92 Å². The fourth-order valence-corrected chi connectivity index (χ4v) is 4.18. The number of rotatable bonds is 5. The van der Waals surface area contributed by atoms with E-state index in [1.54, 1.807) is 6.92 Å². The number of nitrogens with zero attached hydrogens (tertiary/aromatic N) is 1. The monoisotopic (exact) mass is 402 g/mol. The summed E-state index contributed by atoms with van der Waals surface area (Å²) in [7, 11) is -3.95. The number of carbonyl (C=O) groups excluding carboxylic acids is 1. The largest absolute Gasteiger partial charge is 0.449 e. The van der Waals surface area contributed by atoms with E-state index in [1.807, 2.05) is 0 Å². The lowest BCUT2D eigenvalue weighted by molar-refractivity contribution is -0.139. The highest BCUT2D eigenvalue weighted by Crippen LogP contribution is 2.33. The van der Waals surface area contributed by atoms with E-state index in [9.17, 15) is 26.4 Å². The summed E-state index contributed by atoms with van der Waals surface area (Å²) in [6.45, 7) is 1.33. The minimum Gasteiger partial charge on any atom is -0.449 e. The van der Waals surface area contributed by atoms with E-state index >= 15 is 0 Å². The molecule has 3 rings (SSSR count). The van der Waals surface area contributed by atoms with Gasteiger partial charge in [-0.2, -0.15) is 13.2 Å². The van der Waals surface area contributed by atoms with E-state index < -0.39 is 33.7 Å². The lowest BCUT2D eigenvalue weighted by atomic mass is 10.1. The second-order valence-corrected chi connectivity index (χ2v) is 7.96. The summed E-state index contributed by atoms with van der Waals surface area (Å²) < 4.78 is 71.3. The van der Waals surface area contributed by atoms with Crippen molar-refractivity contribution in [3.8, 4) is 0 Å². The molecule has 2 heterocycles. The van der Waals surface area contributed by atoms with Crippen LogP contribution in [0.2, 0.25) is 0 Å². The first-order valence-electron chi connectivity index (χ1n) is 8.08. The van der Waals surface area contributed by atoms with Crippen LogP contribution in [0.25, 0.3) is 0 Å². The Morgan fingerprint density at radius 1 is 1.22 bits per heavy atom. The lowest BCUT2D eigenvalue weighted by Gasteiger charge is -2.20. The first kappa shape index (κ1) is 19.4. The van der Waals surface area contributed by atoms with Crippen LogP contribution in [0.1, 0.15) is 23.3 Å². The van der Waals surface area contributed by atoms with Gasteiger partial charge in [0.15, 0.2) is 0 Å². The number of halogens is 3. The van der Waals surface area contributed by atoms with Crippen molar-refractivity contribution in [3.63, 3.8) is 0 Å². The molecule has 1 aromatic heterocycles. The van der Waals surface area contributed by atoms with Gasteiger partial charge >= 0.3 is 6.18 Å². The Labute approximate surface area is 154 Å². The molecule has 1 unspecified atom stereocenters. The molecule has 146 valence electrons. The first-order chi connectivity index (χ1) is 12.6. The molecule has 1 aromatic carbocycles. The maximum Gasteiger partial charge on any atom is 0.416 e. The fraction of sp³-hybridized carbons (Fsp3) is 0.353. The lowest BCUT2D eigenvalue weighted by Crippen LogP contribution is -2.37. The van der Waals surface area contributed by atoms with Gasteiger partial charge in [0.05, 0.1) is 5.56 Å². The van der Waals surface area contributed by atoms with E-state index in [0.717, 1.165) is 6.07 Å². The van der Waals surface area contributed by atoms with Gasteiger partial charge in [0.2, 0.25) is 11.0 Å². The van der Waals surface area contributed by atoms with Crippen LogP contribution < -0.4 is 4.72 Å². The van der Waals surface area contributed by atoms with Gasteiger partial charge in [0.1, 0.15) is 5.76 Å². The maximum absolute atomic E-state index is 13.1. The zero-order valence-electron chi connectivity index (χ0n) is 14.3. The molecule has 1 amide bonds. The van der Waals surface area contributed by atoms with E-state index in [2.05, 4.69) is 4.72 Å². The van der Waals surface area contributed by atoms with Crippen LogP contribution in [0.15, 0.2) is 45.9 Å². The number of hydrogen-bond donors (Lipinski definition) is 1. The van der Waals surface area contributed by atoms with Crippen LogP contribution in [-0.2, 0) is 27.5 Å². The second kappa shape index (κ2) is 7.01. The van der Waals surface area contributed by atoms with Gasteiger partial charge in [0, 0.05) is 25.6 Å².